The van der Waals surface area contributed by atoms with E-state index in [2.05, 4.69) is 0 Å². The molecule has 0 radical (unpaired) electrons. The molecule has 3 nitrogen and oxygen atoms in total. The van der Waals surface area contributed by atoms with Gasteiger partial charge in [-0.25, -0.2) is 9.18 Å². The average molecular weight is 285 g/mol. The Morgan fingerprint density at radius 3 is 2.38 bits per heavy atom. The van der Waals surface area contributed by atoms with Gasteiger partial charge in [0.1, 0.15) is 11.6 Å². The monoisotopic (exact) mass is 285 g/mol. The van der Waals surface area contributed by atoms with E-state index in [1.54, 1.807) is 29.2 Å². The third-order valence-electron chi connectivity index (χ3n) is 3.44. The number of benzene rings is 2. The fourth-order valence-corrected chi connectivity index (χ4v) is 2.16. The van der Waals surface area contributed by atoms with Crippen molar-refractivity contribution >= 4 is 6.09 Å². The first kappa shape index (κ1) is 13.6. The molecule has 0 aliphatic heterocycles. The van der Waals surface area contributed by atoms with Crippen molar-refractivity contribution in [3.8, 4) is 5.75 Å². The van der Waals surface area contributed by atoms with Gasteiger partial charge in [-0.3, -0.25) is 0 Å². The molecule has 1 saturated carbocycles. The summed E-state index contributed by atoms with van der Waals surface area (Å²) in [6.45, 7) is 0.441. The van der Waals surface area contributed by atoms with Crippen LogP contribution in [0.25, 0.3) is 0 Å². The summed E-state index contributed by atoms with van der Waals surface area (Å²) < 4.78 is 18.3. The second-order valence-electron chi connectivity index (χ2n) is 5.17. The Bertz CT molecular complexity index is 608. The molecule has 1 aliphatic carbocycles. The van der Waals surface area contributed by atoms with Crippen LogP contribution in [-0.4, -0.2) is 17.0 Å². The molecular weight excluding hydrogens is 269 g/mol. The summed E-state index contributed by atoms with van der Waals surface area (Å²) in [5.41, 5.74) is 0.897. The van der Waals surface area contributed by atoms with Crippen molar-refractivity contribution in [1.82, 2.24) is 4.90 Å². The number of hydrogen-bond donors (Lipinski definition) is 0. The molecule has 2 aromatic carbocycles. The molecule has 0 atom stereocenters. The predicted octanol–water partition coefficient (Wildman–Crippen LogP) is 3.99. The standard InChI is InChI=1S/C17H16FNO2/c18-14-8-6-13(7-9-14)12-19(15-10-11-15)17(20)21-16-4-2-1-3-5-16/h1-9,15H,10-12H2. The fraction of sp³-hybridized carbons (Fsp3) is 0.235. The molecule has 0 heterocycles. The molecule has 1 fully saturated rings. The van der Waals surface area contributed by atoms with Crippen LogP contribution in [-0.2, 0) is 6.54 Å². The van der Waals surface area contributed by atoms with Gasteiger partial charge in [-0.1, -0.05) is 30.3 Å². The highest BCUT2D eigenvalue weighted by Gasteiger charge is 2.33. The number of para-hydroxylation sites is 1. The van der Waals surface area contributed by atoms with E-state index in [1.807, 2.05) is 18.2 Å². The van der Waals surface area contributed by atoms with Crippen LogP contribution in [0, 0.1) is 5.82 Å². The van der Waals surface area contributed by atoms with Gasteiger partial charge >= 0.3 is 6.09 Å². The van der Waals surface area contributed by atoms with Crippen LogP contribution in [0.15, 0.2) is 54.6 Å². The number of halogens is 1. The smallest absolute Gasteiger partial charge is 0.410 e. The fourth-order valence-electron chi connectivity index (χ4n) is 2.16. The summed E-state index contributed by atoms with van der Waals surface area (Å²) in [6.07, 6.45) is 1.63. The van der Waals surface area contributed by atoms with Crippen molar-refractivity contribution in [3.05, 3.63) is 66.0 Å². The van der Waals surface area contributed by atoms with E-state index in [9.17, 15) is 9.18 Å². The van der Waals surface area contributed by atoms with Crippen LogP contribution < -0.4 is 4.74 Å². The van der Waals surface area contributed by atoms with Crippen molar-refractivity contribution < 1.29 is 13.9 Å². The minimum Gasteiger partial charge on any atom is -0.410 e. The van der Waals surface area contributed by atoms with Gasteiger partial charge in [0, 0.05) is 12.6 Å². The molecule has 108 valence electrons. The minimum absolute atomic E-state index is 0.228. The molecule has 0 unspecified atom stereocenters. The van der Waals surface area contributed by atoms with Crippen molar-refractivity contribution in [2.45, 2.75) is 25.4 Å². The Morgan fingerprint density at radius 2 is 1.76 bits per heavy atom. The lowest BCUT2D eigenvalue weighted by Gasteiger charge is -2.21. The first-order chi connectivity index (χ1) is 10.2. The van der Waals surface area contributed by atoms with E-state index >= 15 is 0 Å². The molecule has 0 saturated heterocycles. The molecule has 21 heavy (non-hydrogen) atoms. The second-order valence-corrected chi connectivity index (χ2v) is 5.17. The first-order valence-corrected chi connectivity index (χ1v) is 7.00. The Kier molecular flexibility index (Phi) is 3.86. The number of ether oxygens (including phenoxy) is 1. The molecule has 2 aromatic rings. The number of carbonyl (C=O) groups excluding carboxylic acids is 1. The largest absolute Gasteiger partial charge is 0.415 e. The third-order valence-corrected chi connectivity index (χ3v) is 3.44. The Hall–Kier alpha value is -2.36. The predicted molar refractivity (Wildman–Crippen MR) is 77.4 cm³/mol. The molecule has 1 aliphatic rings. The molecular formula is C17H16FNO2. The topological polar surface area (TPSA) is 29.5 Å². The normalized spacial score (nSPS) is 13.8. The third kappa shape index (κ3) is 3.60. The Morgan fingerprint density at radius 1 is 1.10 bits per heavy atom. The lowest BCUT2D eigenvalue weighted by atomic mass is 10.2. The van der Waals surface area contributed by atoms with Gasteiger partial charge in [0.15, 0.2) is 0 Å². The highest BCUT2D eigenvalue weighted by atomic mass is 19.1. The van der Waals surface area contributed by atoms with Crippen LogP contribution in [0.2, 0.25) is 0 Å². The highest BCUT2D eigenvalue weighted by molar-refractivity contribution is 5.71. The van der Waals surface area contributed by atoms with Gasteiger partial charge in [0.05, 0.1) is 0 Å². The molecule has 1 amide bonds. The summed E-state index contributed by atoms with van der Waals surface area (Å²) in [5.74, 6) is 0.260. The van der Waals surface area contributed by atoms with Crippen LogP contribution in [0.1, 0.15) is 18.4 Å². The van der Waals surface area contributed by atoms with Crippen LogP contribution in [0.4, 0.5) is 9.18 Å². The summed E-state index contributed by atoms with van der Waals surface area (Å²) in [7, 11) is 0. The lowest BCUT2D eigenvalue weighted by molar-refractivity contribution is 0.146. The summed E-state index contributed by atoms with van der Waals surface area (Å²) in [4.78, 5) is 14.0. The van der Waals surface area contributed by atoms with Gasteiger partial charge in [0.2, 0.25) is 0 Å². The number of hydrogen-bond acceptors (Lipinski definition) is 2. The first-order valence-electron chi connectivity index (χ1n) is 7.00. The summed E-state index contributed by atoms with van der Waals surface area (Å²) in [5, 5.41) is 0. The quantitative estimate of drug-likeness (QED) is 0.850. The van der Waals surface area contributed by atoms with E-state index in [-0.39, 0.29) is 18.0 Å². The number of amides is 1. The summed E-state index contributed by atoms with van der Waals surface area (Å²) >= 11 is 0. The highest BCUT2D eigenvalue weighted by Crippen LogP contribution is 2.29. The molecule has 0 N–H and O–H groups in total. The van der Waals surface area contributed by atoms with Crippen molar-refractivity contribution in [2.75, 3.05) is 0 Å². The van der Waals surface area contributed by atoms with Gasteiger partial charge in [-0.2, -0.15) is 0 Å². The second kappa shape index (κ2) is 5.95. The van der Waals surface area contributed by atoms with Gasteiger partial charge in [-0.15, -0.1) is 0 Å². The van der Waals surface area contributed by atoms with Crippen LogP contribution in [0.5, 0.6) is 5.75 Å². The molecule has 0 spiro atoms. The Labute approximate surface area is 123 Å². The molecule has 0 bridgehead atoms. The summed E-state index contributed by atoms with van der Waals surface area (Å²) in [6, 6.07) is 15.4. The van der Waals surface area contributed by atoms with Crippen molar-refractivity contribution in [3.63, 3.8) is 0 Å². The maximum atomic E-state index is 12.9. The number of rotatable bonds is 4. The number of nitrogens with zero attached hydrogens (tertiary/aromatic N) is 1. The van der Waals surface area contributed by atoms with Crippen LogP contribution in [0.3, 0.4) is 0 Å². The van der Waals surface area contributed by atoms with Gasteiger partial charge in [-0.05, 0) is 42.7 Å². The molecule has 0 aromatic heterocycles. The van der Waals surface area contributed by atoms with E-state index in [0.29, 0.717) is 12.3 Å². The van der Waals surface area contributed by atoms with E-state index < -0.39 is 0 Å². The van der Waals surface area contributed by atoms with E-state index in [1.165, 1.54) is 12.1 Å². The average Bonchev–Trinajstić information content (AvgIpc) is 3.32. The van der Waals surface area contributed by atoms with E-state index in [0.717, 1.165) is 18.4 Å². The zero-order chi connectivity index (χ0) is 14.7. The van der Waals surface area contributed by atoms with Gasteiger partial charge < -0.3 is 9.64 Å². The zero-order valence-electron chi connectivity index (χ0n) is 11.5. The van der Waals surface area contributed by atoms with Gasteiger partial charge in [0.25, 0.3) is 0 Å². The SMILES string of the molecule is O=C(Oc1ccccc1)N(Cc1ccc(F)cc1)C1CC1. The molecule has 3 rings (SSSR count). The number of carbonyl (C=O) groups is 1. The maximum absolute atomic E-state index is 12.9. The van der Waals surface area contributed by atoms with Crippen LogP contribution >= 0.6 is 0 Å². The maximum Gasteiger partial charge on any atom is 0.415 e. The minimum atomic E-state index is -0.354. The van der Waals surface area contributed by atoms with Crippen molar-refractivity contribution in [1.29, 1.82) is 0 Å². The molecule has 4 heteroatoms. The zero-order valence-corrected chi connectivity index (χ0v) is 11.5. The lowest BCUT2D eigenvalue weighted by Crippen LogP contribution is -2.35. The van der Waals surface area contributed by atoms with E-state index in [4.69, 9.17) is 4.74 Å². The Balaban J connectivity index is 1.69. The van der Waals surface area contributed by atoms with Crippen molar-refractivity contribution in [2.24, 2.45) is 0 Å².